The average Bonchev–Trinajstić information content (AvgIpc) is 3.13. The second-order valence-electron chi connectivity index (χ2n) is 3.87. The number of thiazole rings is 1. The van der Waals surface area contributed by atoms with Gasteiger partial charge in [0.2, 0.25) is 5.91 Å². The number of carbonyl (C=O) groups excluding carboxylic acids is 2. The van der Waals surface area contributed by atoms with Gasteiger partial charge in [0, 0.05) is 5.38 Å². The Labute approximate surface area is 119 Å². The first-order valence-electron chi connectivity index (χ1n) is 5.92. The fraction of sp³-hybridized carbons (Fsp3) is 0.250. The van der Waals surface area contributed by atoms with Crippen molar-refractivity contribution in [2.45, 2.75) is 13.1 Å². The molecule has 106 valence electrons. The maximum atomic E-state index is 11.5. The summed E-state index contributed by atoms with van der Waals surface area (Å²) in [5.74, 6) is 0.372. The van der Waals surface area contributed by atoms with Crippen LogP contribution in [0.3, 0.4) is 0 Å². The Kier molecular flexibility index (Phi) is 5.13. The molecule has 2 aromatic heterocycles. The van der Waals surface area contributed by atoms with E-state index in [0.717, 1.165) is 5.69 Å². The van der Waals surface area contributed by atoms with E-state index in [1.54, 1.807) is 17.6 Å². The average molecular weight is 294 g/mol. The molecule has 20 heavy (non-hydrogen) atoms. The molecule has 0 bridgehead atoms. The fourth-order valence-electron chi connectivity index (χ4n) is 1.38. The molecule has 0 aliphatic carbocycles. The summed E-state index contributed by atoms with van der Waals surface area (Å²) in [6, 6.07) is 3.09. The molecule has 0 aliphatic rings. The SMILES string of the molecule is O=C(CNC(=O)NCc1cscn1)NCc1ccco1. The van der Waals surface area contributed by atoms with Crippen LogP contribution in [0.1, 0.15) is 11.5 Å². The number of nitrogens with one attached hydrogen (secondary N) is 3. The van der Waals surface area contributed by atoms with Crippen LogP contribution in [0, 0.1) is 0 Å². The zero-order valence-electron chi connectivity index (χ0n) is 10.6. The van der Waals surface area contributed by atoms with E-state index in [1.807, 2.05) is 5.38 Å². The largest absolute Gasteiger partial charge is 0.467 e. The number of rotatable bonds is 6. The quantitative estimate of drug-likeness (QED) is 0.736. The minimum atomic E-state index is -0.411. The first-order valence-corrected chi connectivity index (χ1v) is 6.86. The molecule has 8 heteroatoms. The minimum absolute atomic E-state index is 0.0936. The summed E-state index contributed by atoms with van der Waals surface area (Å²) in [5, 5.41) is 9.53. The van der Waals surface area contributed by atoms with Crippen molar-refractivity contribution in [3.63, 3.8) is 0 Å². The molecule has 0 radical (unpaired) electrons. The lowest BCUT2D eigenvalue weighted by atomic mass is 10.4. The number of amides is 3. The predicted octanol–water partition coefficient (Wildman–Crippen LogP) is 0.852. The van der Waals surface area contributed by atoms with Gasteiger partial charge < -0.3 is 20.4 Å². The molecule has 3 N–H and O–H groups in total. The van der Waals surface area contributed by atoms with Crippen molar-refractivity contribution in [2.24, 2.45) is 0 Å². The van der Waals surface area contributed by atoms with Crippen molar-refractivity contribution in [3.8, 4) is 0 Å². The van der Waals surface area contributed by atoms with Crippen molar-refractivity contribution in [1.29, 1.82) is 0 Å². The molecule has 0 saturated carbocycles. The maximum Gasteiger partial charge on any atom is 0.315 e. The third kappa shape index (κ3) is 4.73. The van der Waals surface area contributed by atoms with Crippen LogP contribution in [0.2, 0.25) is 0 Å². The van der Waals surface area contributed by atoms with Gasteiger partial charge in [-0.05, 0) is 12.1 Å². The molecule has 0 spiro atoms. The number of urea groups is 1. The van der Waals surface area contributed by atoms with Gasteiger partial charge in [0.15, 0.2) is 0 Å². The molecule has 2 heterocycles. The zero-order valence-corrected chi connectivity index (χ0v) is 11.4. The van der Waals surface area contributed by atoms with Crippen LogP contribution in [-0.2, 0) is 17.9 Å². The van der Waals surface area contributed by atoms with E-state index < -0.39 is 6.03 Å². The molecule has 0 saturated heterocycles. The summed E-state index contributed by atoms with van der Waals surface area (Å²) >= 11 is 1.46. The van der Waals surface area contributed by atoms with E-state index in [2.05, 4.69) is 20.9 Å². The van der Waals surface area contributed by atoms with Crippen molar-refractivity contribution in [3.05, 3.63) is 40.7 Å². The Morgan fingerprint density at radius 3 is 2.85 bits per heavy atom. The van der Waals surface area contributed by atoms with Gasteiger partial charge in [0.25, 0.3) is 0 Å². The highest BCUT2D eigenvalue weighted by Gasteiger charge is 2.06. The predicted molar refractivity (Wildman–Crippen MR) is 72.9 cm³/mol. The lowest BCUT2D eigenvalue weighted by Gasteiger charge is -2.06. The van der Waals surface area contributed by atoms with E-state index in [-0.39, 0.29) is 12.5 Å². The molecule has 3 amide bonds. The normalized spacial score (nSPS) is 10.0. The molecule has 0 aliphatic heterocycles. The number of aromatic nitrogens is 1. The van der Waals surface area contributed by atoms with Crippen molar-refractivity contribution < 1.29 is 14.0 Å². The van der Waals surface area contributed by atoms with Crippen molar-refractivity contribution >= 4 is 23.3 Å². The summed E-state index contributed by atoms with van der Waals surface area (Å²) in [7, 11) is 0. The molecular formula is C12H14N4O3S. The standard InChI is InChI=1S/C12H14N4O3S/c17-11(13-5-10-2-1-3-19-10)6-15-12(18)14-4-9-7-20-8-16-9/h1-3,7-8H,4-6H2,(H,13,17)(H2,14,15,18). The van der Waals surface area contributed by atoms with Gasteiger partial charge in [-0.3, -0.25) is 4.79 Å². The summed E-state index contributed by atoms with van der Waals surface area (Å²) < 4.78 is 5.07. The molecular weight excluding hydrogens is 280 g/mol. The first-order chi connectivity index (χ1) is 9.74. The van der Waals surface area contributed by atoms with Crippen LogP contribution in [0.5, 0.6) is 0 Å². The van der Waals surface area contributed by atoms with Crippen LogP contribution in [-0.4, -0.2) is 23.5 Å². The van der Waals surface area contributed by atoms with Gasteiger partial charge >= 0.3 is 6.03 Å². The monoisotopic (exact) mass is 294 g/mol. The Bertz CT molecular complexity index is 489. The highest BCUT2D eigenvalue weighted by atomic mass is 32.1. The van der Waals surface area contributed by atoms with Gasteiger partial charge in [-0.1, -0.05) is 0 Å². The summed E-state index contributed by atoms with van der Waals surface area (Å²) in [6.07, 6.45) is 1.53. The second-order valence-corrected chi connectivity index (χ2v) is 4.59. The summed E-state index contributed by atoms with van der Waals surface area (Å²) in [5.41, 5.74) is 2.48. The van der Waals surface area contributed by atoms with Crippen LogP contribution in [0.15, 0.2) is 33.7 Å². The Balaban J connectivity index is 1.59. The molecule has 2 aromatic rings. The third-order valence-electron chi connectivity index (χ3n) is 2.36. The van der Waals surface area contributed by atoms with Crippen LogP contribution >= 0.6 is 11.3 Å². The Hall–Kier alpha value is -2.35. The lowest BCUT2D eigenvalue weighted by Crippen LogP contribution is -2.41. The molecule has 2 rings (SSSR count). The van der Waals surface area contributed by atoms with E-state index in [1.165, 1.54) is 17.6 Å². The third-order valence-corrected chi connectivity index (χ3v) is 3.00. The topological polar surface area (TPSA) is 96.3 Å². The number of hydrogen-bond donors (Lipinski definition) is 3. The highest BCUT2D eigenvalue weighted by molar-refractivity contribution is 7.07. The van der Waals surface area contributed by atoms with Crippen LogP contribution in [0.4, 0.5) is 4.79 Å². The number of carbonyl (C=O) groups is 2. The van der Waals surface area contributed by atoms with Crippen molar-refractivity contribution in [2.75, 3.05) is 6.54 Å². The van der Waals surface area contributed by atoms with E-state index in [4.69, 9.17) is 4.42 Å². The highest BCUT2D eigenvalue weighted by Crippen LogP contribution is 1.99. The fourth-order valence-corrected chi connectivity index (χ4v) is 1.94. The lowest BCUT2D eigenvalue weighted by molar-refractivity contribution is -0.120. The zero-order chi connectivity index (χ0) is 14.2. The van der Waals surface area contributed by atoms with Gasteiger partial charge in [-0.15, -0.1) is 11.3 Å². The first kappa shape index (κ1) is 14.1. The summed E-state index contributed by atoms with van der Waals surface area (Å²) in [6.45, 7) is 0.543. The molecule has 0 fully saturated rings. The van der Waals surface area contributed by atoms with E-state index >= 15 is 0 Å². The number of furan rings is 1. The van der Waals surface area contributed by atoms with Gasteiger partial charge in [0.05, 0.1) is 37.1 Å². The number of hydrogen-bond acceptors (Lipinski definition) is 5. The minimum Gasteiger partial charge on any atom is -0.467 e. The number of nitrogens with zero attached hydrogens (tertiary/aromatic N) is 1. The van der Waals surface area contributed by atoms with Gasteiger partial charge in [0.1, 0.15) is 5.76 Å². The van der Waals surface area contributed by atoms with Gasteiger partial charge in [-0.2, -0.15) is 0 Å². The van der Waals surface area contributed by atoms with E-state index in [9.17, 15) is 9.59 Å². The molecule has 0 unspecified atom stereocenters. The van der Waals surface area contributed by atoms with Crippen LogP contribution < -0.4 is 16.0 Å². The Morgan fingerprint density at radius 1 is 1.25 bits per heavy atom. The Morgan fingerprint density at radius 2 is 2.15 bits per heavy atom. The van der Waals surface area contributed by atoms with Gasteiger partial charge in [-0.25, -0.2) is 9.78 Å². The van der Waals surface area contributed by atoms with Crippen LogP contribution in [0.25, 0.3) is 0 Å². The smallest absolute Gasteiger partial charge is 0.315 e. The molecule has 0 atom stereocenters. The molecule has 7 nitrogen and oxygen atoms in total. The molecule has 0 aromatic carbocycles. The van der Waals surface area contributed by atoms with Crippen molar-refractivity contribution in [1.82, 2.24) is 20.9 Å². The summed E-state index contributed by atoms with van der Waals surface area (Å²) in [4.78, 5) is 26.9. The van der Waals surface area contributed by atoms with E-state index in [0.29, 0.717) is 18.8 Å². The maximum absolute atomic E-state index is 11.5. The second kappa shape index (κ2) is 7.29.